The van der Waals surface area contributed by atoms with Gasteiger partial charge in [0.25, 0.3) is 0 Å². The van der Waals surface area contributed by atoms with E-state index in [-0.39, 0.29) is 30.1 Å². The Morgan fingerprint density at radius 3 is 2.45 bits per heavy atom. The van der Waals surface area contributed by atoms with Gasteiger partial charge < -0.3 is 10.1 Å². The van der Waals surface area contributed by atoms with Crippen molar-refractivity contribution in [1.29, 1.82) is 0 Å². The van der Waals surface area contributed by atoms with E-state index in [0.29, 0.717) is 6.54 Å². The van der Waals surface area contributed by atoms with Crippen LogP contribution in [0.4, 0.5) is 0 Å². The van der Waals surface area contributed by atoms with Gasteiger partial charge in [0.1, 0.15) is 0 Å². The van der Waals surface area contributed by atoms with E-state index in [4.69, 9.17) is 4.74 Å². The first-order chi connectivity index (χ1) is 10.5. The van der Waals surface area contributed by atoms with Crippen LogP contribution in [0.1, 0.15) is 33.3 Å². The van der Waals surface area contributed by atoms with Crippen LogP contribution in [0.25, 0.3) is 0 Å². The van der Waals surface area contributed by atoms with Crippen LogP contribution in [0.5, 0.6) is 0 Å². The molecule has 0 saturated carbocycles. The van der Waals surface area contributed by atoms with Gasteiger partial charge in [-0.1, -0.05) is 13.8 Å². The second-order valence-corrected chi connectivity index (χ2v) is 6.47. The monoisotopic (exact) mass is 305 g/mol. The highest BCUT2D eigenvalue weighted by Gasteiger charge is 2.33. The lowest BCUT2D eigenvalue weighted by Gasteiger charge is -2.41. The van der Waals surface area contributed by atoms with E-state index >= 15 is 0 Å². The number of pyridine rings is 1. The van der Waals surface area contributed by atoms with Crippen molar-refractivity contribution in [2.75, 3.05) is 13.1 Å². The molecule has 22 heavy (non-hydrogen) atoms. The summed E-state index contributed by atoms with van der Waals surface area (Å²) in [4.78, 5) is 18.9. The lowest BCUT2D eigenvalue weighted by Crippen LogP contribution is -2.56. The third kappa shape index (κ3) is 4.52. The Labute approximate surface area is 133 Å². The first kappa shape index (κ1) is 16.9. The van der Waals surface area contributed by atoms with Crippen molar-refractivity contribution < 1.29 is 9.53 Å². The van der Waals surface area contributed by atoms with Gasteiger partial charge in [-0.25, -0.2) is 0 Å². The van der Waals surface area contributed by atoms with Gasteiger partial charge >= 0.3 is 0 Å². The molecule has 1 amide bonds. The van der Waals surface area contributed by atoms with Crippen LogP contribution < -0.4 is 5.32 Å². The average molecular weight is 305 g/mol. The normalized spacial score (nSPS) is 24.2. The second kappa shape index (κ2) is 7.70. The highest BCUT2D eigenvalue weighted by Crippen LogP contribution is 2.18. The van der Waals surface area contributed by atoms with Crippen molar-refractivity contribution in [3.8, 4) is 0 Å². The molecular formula is C17H27N3O2. The minimum absolute atomic E-state index is 0.0908. The quantitative estimate of drug-likeness (QED) is 0.902. The van der Waals surface area contributed by atoms with E-state index in [1.165, 1.54) is 0 Å². The van der Waals surface area contributed by atoms with Gasteiger partial charge in [0.15, 0.2) is 0 Å². The number of hydrogen-bond acceptors (Lipinski definition) is 4. The Morgan fingerprint density at radius 2 is 1.91 bits per heavy atom. The Kier molecular flexibility index (Phi) is 5.91. The van der Waals surface area contributed by atoms with Crippen LogP contribution in [0.2, 0.25) is 0 Å². The molecule has 0 spiro atoms. The molecule has 0 radical (unpaired) electrons. The molecule has 1 aliphatic heterocycles. The third-order valence-corrected chi connectivity index (χ3v) is 3.96. The Bertz CT molecular complexity index is 468. The molecule has 5 nitrogen and oxygen atoms in total. The lowest BCUT2D eigenvalue weighted by atomic mass is 9.99. The number of carbonyl (C=O) groups is 1. The SMILES string of the molecule is CC1CN(C(C(=O)NCc2ccncc2)C(C)C)CC(C)O1. The fourth-order valence-corrected chi connectivity index (χ4v) is 3.13. The number of carbonyl (C=O) groups excluding carboxylic acids is 1. The molecule has 1 aromatic heterocycles. The van der Waals surface area contributed by atoms with Gasteiger partial charge in [-0.15, -0.1) is 0 Å². The highest BCUT2D eigenvalue weighted by molar-refractivity contribution is 5.82. The molecule has 1 saturated heterocycles. The molecule has 1 aliphatic rings. The minimum atomic E-state index is -0.115. The molecule has 2 heterocycles. The maximum atomic E-state index is 12.7. The molecule has 1 aromatic rings. The third-order valence-electron chi connectivity index (χ3n) is 3.96. The topological polar surface area (TPSA) is 54.5 Å². The van der Waals surface area contributed by atoms with E-state index in [1.807, 2.05) is 12.1 Å². The number of nitrogens with one attached hydrogen (secondary N) is 1. The van der Waals surface area contributed by atoms with Gasteiger partial charge in [0, 0.05) is 32.0 Å². The number of morpholine rings is 1. The molecule has 122 valence electrons. The molecule has 1 N–H and O–H groups in total. The van der Waals surface area contributed by atoms with E-state index in [0.717, 1.165) is 18.7 Å². The molecule has 0 bridgehead atoms. The summed E-state index contributed by atoms with van der Waals surface area (Å²) in [5.41, 5.74) is 1.06. The lowest BCUT2D eigenvalue weighted by molar-refractivity contribution is -0.135. The number of rotatable bonds is 5. The summed E-state index contributed by atoms with van der Waals surface area (Å²) in [6.07, 6.45) is 3.82. The first-order valence-corrected chi connectivity index (χ1v) is 8.03. The van der Waals surface area contributed by atoms with E-state index in [2.05, 4.69) is 42.9 Å². The van der Waals surface area contributed by atoms with E-state index in [1.54, 1.807) is 12.4 Å². The predicted octanol–water partition coefficient (Wildman–Crippen LogP) is 1.83. The summed E-state index contributed by atoms with van der Waals surface area (Å²) in [5, 5.41) is 3.06. The van der Waals surface area contributed by atoms with Crippen LogP contribution in [-0.2, 0) is 16.1 Å². The zero-order chi connectivity index (χ0) is 16.1. The van der Waals surface area contributed by atoms with Gasteiger partial charge in [0.05, 0.1) is 18.2 Å². The van der Waals surface area contributed by atoms with Crippen molar-refractivity contribution in [3.63, 3.8) is 0 Å². The molecule has 3 atom stereocenters. The molecule has 1 fully saturated rings. The summed E-state index contributed by atoms with van der Waals surface area (Å²) < 4.78 is 5.77. The van der Waals surface area contributed by atoms with Crippen molar-refractivity contribution in [2.45, 2.75) is 52.5 Å². The summed E-state index contributed by atoms with van der Waals surface area (Å²) >= 11 is 0. The highest BCUT2D eigenvalue weighted by atomic mass is 16.5. The summed E-state index contributed by atoms with van der Waals surface area (Å²) in [6, 6.07) is 3.73. The molecule has 2 rings (SSSR count). The van der Waals surface area contributed by atoms with Gasteiger partial charge in [-0.2, -0.15) is 0 Å². The number of amides is 1. The standard InChI is InChI=1S/C17H27N3O2/c1-12(2)16(20-10-13(3)22-14(4)11-20)17(21)19-9-15-5-7-18-8-6-15/h5-8,12-14,16H,9-11H2,1-4H3,(H,19,21). The Morgan fingerprint density at radius 1 is 1.32 bits per heavy atom. The number of ether oxygens (including phenoxy) is 1. The molecule has 5 heteroatoms. The number of hydrogen-bond donors (Lipinski definition) is 1. The Balaban J connectivity index is 1.99. The fourth-order valence-electron chi connectivity index (χ4n) is 3.13. The molecular weight excluding hydrogens is 278 g/mol. The zero-order valence-corrected chi connectivity index (χ0v) is 14.0. The van der Waals surface area contributed by atoms with Gasteiger partial charge in [-0.3, -0.25) is 14.7 Å². The van der Waals surface area contributed by atoms with Crippen molar-refractivity contribution in [2.24, 2.45) is 5.92 Å². The van der Waals surface area contributed by atoms with Crippen molar-refractivity contribution in [1.82, 2.24) is 15.2 Å². The van der Waals surface area contributed by atoms with Crippen molar-refractivity contribution >= 4 is 5.91 Å². The van der Waals surface area contributed by atoms with E-state index in [9.17, 15) is 4.79 Å². The molecule has 0 aromatic carbocycles. The predicted molar refractivity (Wildman–Crippen MR) is 86.3 cm³/mol. The molecule has 0 aliphatic carbocycles. The van der Waals surface area contributed by atoms with Gasteiger partial charge in [0.2, 0.25) is 5.91 Å². The van der Waals surface area contributed by atoms with Crippen LogP contribution in [0, 0.1) is 5.92 Å². The van der Waals surface area contributed by atoms with Crippen LogP contribution >= 0.6 is 0 Å². The summed E-state index contributed by atoms with van der Waals surface area (Å²) in [7, 11) is 0. The van der Waals surface area contributed by atoms with Crippen molar-refractivity contribution in [3.05, 3.63) is 30.1 Å². The molecule has 3 unspecified atom stereocenters. The first-order valence-electron chi connectivity index (χ1n) is 8.03. The maximum absolute atomic E-state index is 12.7. The van der Waals surface area contributed by atoms with Gasteiger partial charge in [-0.05, 0) is 37.5 Å². The average Bonchev–Trinajstić information content (AvgIpc) is 2.45. The van der Waals surface area contributed by atoms with Crippen LogP contribution in [0.3, 0.4) is 0 Å². The largest absolute Gasteiger partial charge is 0.373 e. The minimum Gasteiger partial charge on any atom is -0.373 e. The number of aromatic nitrogens is 1. The van der Waals surface area contributed by atoms with E-state index < -0.39 is 0 Å². The number of nitrogens with zero attached hydrogens (tertiary/aromatic N) is 2. The maximum Gasteiger partial charge on any atom is 0.237 e. The Hall–Kier alpha value is -1.46. The fraction of sp³-hybridized carbons (Fsp3) is 0.647. The summed E-state index contributed by atoms with van der Waals surface area (Å²) in [5.74, 6) is 0.350. The van der Waals surface area contributed by atoms with Crippen LogP contribution in [0.15, 0.2) is 24.5 Å². The van der Waals surface area contributed by atoms with Crippen LogP contribution in [-0.4, -0.2) is 47.1 Å². The summed E-state index contributed by atoms with van der Waals surface area (Å²) in [6.45, 7) is 10.5. The smallest absolute Gasteiger partial charge is 0.237 e. The second-order valence-electron chi connectivity index (χ2n) is 6.47. The zero-order valence-electron chi connectivity index (χ0n) is 14.0.